The van der Waals surface area contributed by atoms with Gasteiger partial charge in [-0.1, -0.05) is 17.7 Å². The second-order valence-electron chi connectivity index (χ2n) is 4.64. The van der Waals surface area contributed by atoms with Crippen molar-refractivity contribution in [3.63, 3.8) is 0 Å². The van der Waals surface area contributed by atoms with Crippen LogP contribution in [0, 0.1) is 6.92 Å². The van der Waals surface area contributed by atoms with Gasteiger partial charge in [0.2, 0.25) is 0 Å². The zero-order valence-electron chi connectivity index (χ0n) is 11.6. The fourth-order valence-corrected chi connectivity index (χ4v) is 3.32. The highest BCUT2D eigenvalue weighted by Crippen LogP contribution is 2.20. The molecule has 0 aliphatic heterocycles. The molecule has 0 bridgehead atoms. The largest absolute Gasteiger partial charge is 0.372 e. The predicted octanol–water partition coefficient (Wildman–Crippen LogP) is 2.02. The summed E-state index contributed by atoms with van der Waals surface area (Å²) in [5.41, 5.74) is 1.84. The number of aromatic nitrogens is 3. The van der Waals surface area contributed by atoms with Crippen LogP contribution in [0.3, 0.4) is 0 Å². The number of anilines is 1. The lowest BCUT2D eigenvalue weighted by Crippen LogP contribution is -2.12. The van der Waals surface area contributed by atoms with Gasteiger partial charge in [0, 0.05) is 13.2 Å². The second-order valence-corrected chi connectivity index (χ2v) is 6.46. The fourth-order valence-electron chi connectivity index (χ4n) is 2.03. The summed E-state index contributed by atoms with van der Waals surface area (Å²) in [5.74, 6) is 0.591. The third kappa shape index (κ3) is 2.25. The van der Waals surface area contributed by atoms with Crippen molar-refractivity contribution >= 4 is 27.0 Å². The molecule has 0 atom stereocenters. The van der Waals surface area contributed by atoms with E-state index in [0.717, 1.165) is 9.54 Å². The van der Waals surface area contributed by atoms with Gasteiger partial charge in [0.25, 0.3) is 10.0 Å². The van der Waals surface area contributed by atoms with E-state index in [1.165, 1.54) is 12.4 Å². The molecular weight excluding hydrogens is 288 g/mol. The molecule has 0 unspecified atom stereocenters. The maximum atomic E-state index is 12.7. The summed E-state index contributed by atoms with van der Waals surface area (Å²) >= 11 is 0. The van der Waals surface area contributed by atoms with Gasteiger partial charge in [0.15, 0.2) is 5.65 Å². The molecule has 2 heterocycles. The first-order valence-corrected chi connectivity index (χ1v) is 7.80. The van der Waals surface area contributed by atoms with Crippen LogP contribution in [0.2, 0.25) is 0 Å². The molecule has 3 aromatic rings. The number of benzene rings is 1. The van der Waals surface area contributed by atoms with Gasteiger partial charge in [-0.2, -0.15) is 0 Å². The van der Waals surface area contributed by atoms with Crippen LogP contribution >= 0.6 is 0 Å². The molecule has 21 heavy (non-hydrogen) atoms. The topological polar surface area (TPSA) is 76.9 Å². The normalized spacial score (nSPS) is 11.7. The van der Waals surface area contributed by atoms with E-state index >= 15 is 0 Å². The molecule has 3 rings (SSSR count). The molecular formula is C14H14N4O2S. The maximum Gasteiger partial charge on any atom is 0.269 e. The molecule has 0 spiro atoms. The van der Waals surface area contributed by atoms with Gasteiger partial charge in [-0.15, -0.1) is 0 Å². The molecule has 0 aliphatic rings. The highest BCUT2D eigenvalue weighted by molar-refractivity contribution is 7.90. The van der Waals surface area contributed by atoms with Crippen LogP contribution in [0.5, 0.6) is 0 Å². The number of nitrogens with one attached hydrogen (secondary N) is 1. The summed E-state index contributed by atoms with van der Waals surface area (Å²) in [6.07, 6.45) is 2.97. The molecule has 1 N–H and O–H groups in total. The zero-order chi connectivity index (χ0) is 15.0. The number of fused-ring (bicyclic) bond motifs is 1. The Morgan fingerprint density at radius 1 is 1.14 bits per heavy atom. The van der Waals surface area contributed by atoms with Gasteiger partial charge in [-0.25, -0.2) is 22.4 Å². The minimum Gasteiger partial charge on any atom is -0.372 e. The Labute approximate surface area is 122 Å². The van der Waals surface area contributed by atoms with Crippen molar-refractivity contribution in [3.8, 4) is 0 Å². The van der Waals surface area contributed by atoms with E-state index in [9.17, 15) is 8.42 Å². The Hall–Kier alpha value is -2.41. The molecule has 6 nitrogen and oxygen atoms in total. The summed E-state index contributed by atoms with van der Waals surface area (Å²) in [5, 5.41) is 2.87. The Bertz CT molecular complexity index is 898. The van der Waals surface area contributed by atoms with E-state index in [-0.39, 0.29) is 4.90 Å². The van der Waals surface area contributed by atoms with Crippen LogP contribution in [-0.2, 0) is 10.0 Å². The monoisotopic (exact) mass is 302 g/mol. The van der Waals surface area contributed by atoms with E-state index in [1.54, 1.807) is 37.4 Å². The summed E-state index contributed by atoms with van der Waals surface area (Å²) in [4.78, 5) is 8.68. The first-order valence-electron chi connectivity index (χ1n) is 6.36. The Kier molecular flexibility index (Phi) is 3.13. The van der Waals surface area contributed by atoms with Crippen molar-refractivity contribution in [1.82, 2.24) is 13.9 Å². The standard InChI is InChI=1S/C14H14N4O2S/c1-10-3-5-11(6-4-10)21(19,20)18-8-7-12-14(18)16-9-13(15-2)17-12/h3-9H,1-2H3,(H,15,17). The lowest BCUT2D eigenvalue weighted by molar-refractivity contribution is 0.588. The highest BCUT2D eigenvalue weighted by atomic mass is 32.2. The van der Waals surface area contributed by atoms with Crippen LogP contribution in [0.15, 0.2) is 47.6 Å². The third-order valence-electron chi connectivity index (χ3n) is 3.19. The van der Waals surface area contributed by atoms with E-state index < -0.39 is 10.0 Å². The van der Waals surface area contributed by atoms with Crippen LogP contribution in [-0.4, -0.2) is 29.4 Å². The van der Waals surface area contributed by atoms with Crippen molar-refractivity contribution in [1.29, 1.82) is 0 Å². The van der Waals surface area contributed by atoms with Crippen LogP contribution < -0.4 is 5.32 Å². The van der Waals surface area contributed by atoms with Crippen LogP contribution in [0.4, 0.5) is 5.82 Å². The molecule has 0 saturated heterocycles. The van der Waals surface area contributed by atoms with E-state index in [4.69, 9.17) is 0 Å². The van der Waals surface area contributed by atoms with E-state index in [0.29, 0.717) is 17.0 Å². The molecule has 7 heteroatoms. The molecule has 0 aliphatic carbocycles. The van der Waals surface area contributed by atoms with Crippen molar-refractivity contribution < 1.29 is 8.42 Å². The van der Waals surface area contributed by atoms with Gasteiger partial charge >= 0.3 is 0 Å². The number of aryl methyl sites for hydroxylation is 1. The molecule has 108 valence electrons. The van der Waals surface area contributed by atoms with Gasteiger partial charge in [-0.05, 0) is 25.1 Å². The molecule has 0 radical (unpaired) electrons. The van der Waals surface area contributed by atoms with Crippen molar-refractivity contribution in [3.05, 3.63) is 48.3 Å². The van der Waals surface area contributed by atoms with Gasteiger partial charge in [0.1, 0.15) is 11.3 Å². The van der Waals surface area contributed by atoms with Crippen molar-refractivity contribution in [2.45, 2.75) is 11.8 Å². The summed E-state index contributed by atoms with van der Waals surface area (Å²) in [6.45, 7) is 1.91. The molecule has 1 aromatic carbocycles. The molecule has 0 saturated carbocycles. The summed E-state index contributed by atoms with van der Waals surface area (Å²) < 4.78 is 26.5. The van der Waals surface area contributed by atoms with Crippen LogP contribution in [0.1, 0.15) is 5.56 Å². The Morgan fingerprint density at radius 3 is 2.52 bits per heavy atom. The first kappa shape index (κ1) is 13.6. The molecule has 0 fully saturated rings. The number of rotatable bonds is 3. The lowest BCUT2D eigenvalue weighted by atomic mass is 10.2. The minimum atomic E-state index is -3.66. The summed E-state index contributed by atoms with van der Waals surface area (Å²) in [7, 11) is -1.93. The fraction of sp³-hybridized carbons (Fsp3) is 0.143. The van der Waals surface area contributed by atoms with E-state index in [1.807, 2.05) is 6.92 Å². The highest BCUT2D eigenvalue weighted by Gasteiger charge is 2.20. The predicted molar refractivity (Wildman–Crippen MR) is 80.8 cm³/mol. The Morgan fingerprint density at radius 2 is 1.86 bits per heavy atom. The lowest BCUT2D eigenvalue weighted by Gasteiger charge is -2.07. The van der Waals surface area contributed by atoms with Gasteiger partial charge in [-0.3, -0.25) is 0 Å². The minimum absolute atomic E-state index is 0.227. The smallest absolute Gasteiger partial charge is 0.269 e. The zero-order valence-corrected chi connectivity index (χ0v) is 12.4. The van der Waals surface area contributed by atoms with Crippen LogP contribution in [0.25, 0.3) is 11.2 Å². The molecule has 0 amide bonds. The number of hydrogen-bond donors (Lipinski definition) is 1. The van der Waals surface area contributed by atoms with Gasteiger partial charge < -0.3 is 5.32 Å². The quantitative estimate of drug-likeness (QED) is 0.801. The number of hydrogen-bond acceptors (Lipinski definition) is 5. The Balaban J connectivity index is 2.17. The average molecular weight is 302 g/mol. The van der Waals surface area contributed by atoms with E-state index in [2.05, 4.69) is 15.3 Å². The third-order valence-corrected chi connectivity index (χ3v) is 4.87. The van der Waals surface area contributed by atoms with Crippen molar-refractivity contribution in [2.75, 3.05) is 12.4 Å². The van der Waals surface area contributed by atoms with Crippen molar-refractivity contribution in [2.24, 2.45) is 0 Å². The molecule has 2 aromatic heterocycles. The SMILES string of the molecule is CNc1cnc2c(ccn2S(=O)(=O)c2ccc(C)cc2)n1. The average Bonchev–Trinajstić information content (AvgIpc) is 2.91. The second kappa shape index (κ2) is 4.85. The first-order chi connectivity index (χ1) is 10.0. The van der Waals surface area contributed by atoms with Gasteiger partial charge in [0.05, 0.1) is 11.1 Å². The maximum absolute atomic E-state index is 12.7. The number of nitrogens with zero attached hydrogens (tertiary/aromatic N) is 3. The summed E-state index contributed by atoms with van der Waals surface area (Å²) in [6, 6.07) is 8.35.